The van der Waals surface area contributed by atoms with Crippen LogP contribution in [0.4, 0.5) is 18.9 Å². The van der Waals surface area contributed by atoms with Crippen molar-refractivity contribution >= 4 is 29.5 Å². The van der Waals surface area contributed by atoms with Crippen molar-refractivity contribution in [3.05, 3.63) is 27.8 Å². The summed E-state index contributed by atoms with van der Waals surface area (Å²) in [4.78, 5) is 21.1. The summed E-state index contributed by atoms with van der Waals surface area (Å²) in [7, 11) is 0. The van der Waals surface area contributed by atoms with Crippen LogP contribution in [0.25, 0.3) is 0 Å². The van der Waals surface area contributed by atoms with Crippen LogP contribution in [0.1, 0.15) is 26.3 Å². The molecule has 0 bridgehead atoms. The van der Waals surface area contributed by atoms with Gasteiger partial charge in [-0.2, -0.15) is 13.2 Å². The first-order chi connectivity index (χ1) is 7.70. The maximum atomic E-state index is 12.5. The van der Waals surface area contributed by atoms with Crippen molar-refractivity contribution in [2.24, 2.45) is 0 Å². The summed E-state index contributed by atoms with van der Waals surface area (Å²) in [5.41, 5.74) is 1.28. The molecule has 0 aliphatic carbocycles. The minimum absolute atomic E-state index is 0.138. The minimum Gasteiger partial charge on any atom is -0.545 e. The number of hydrogen-bond donors (Lipinski definition) is 1. The lowest BCUT2D eigenvalue weighted by Crippen LogP contribution is -2.25. The molecule has 0 amide bonds. The fourth-order valence-corrected chi connectivity index (χ4v) is 1.45. The summed E-state index contributed by atoms with van der Waals surface area (Å²) in [5, 5.41) is 9.79. The Hall–Kier alpha value is -1.76. The van der Waals surface area contributed by atoms with Crippen molar-refractivity contribution in [1.82, 2.24) is 0 Å². The molecule has 92 valence electrons. The molecular formula is C9H4ClF3NO3-. The van der Waals surface area contributed by atoms with Crippen LogP contribution >= 0.6 is 11.6 Å². The van der Waals surface area contributed by atoms with Crippen LogP contribution in [0.2, 0.25) is 5.02 Å². The van der Waals surface area contributed by atoms with E-state index in [2.05, 4.69) is 0 Å². The second-order valence-corrected chi connectivity index (χ2v) is 3.39. The molecule has 1 aromatic rings. The van der Waals surface area contributed by atoms with E-state index < -0.39 is 39.5 Å². The van der Waals surface area contributed by atoms with E-state index in [0.717, 1.165) is 0 Å². The highest BCUT2D eigenvalue weighted by Crippen LogP contribution is 2.38. The molecule has 2 N–H and O–H groups in total. The summed E-state index contributed by atoms with van der Waals surface area (Å²) in [6.45, 7) is 0. The molecule has 0 unspecified atom stereocenters. The van der Waals surface area contributed by atoms with Crippen LogP contribution < -0.4 is 10.8 Å². The lowest BCUT2D eigenvalue weighted by atomic mass is 10.0. The molecule has 1 rings (SSSR count). The van der Waals surface area contributed by atoms with Gasteiger partial charge in [-0.05, 0) is 6.07 Å². The molecule has 4 nitrogen and oxygen atoms in total. The van der Waals surface area contributed by atoms with Gasteiger partial charge in [0.25, 0.3) is 0 Å². The zero-order valence-corrected chi connectivity index (χ0v) is 8.72. The SMILES string of the molecule is Nc1c(C(=O)[O-])cc(C(F)(F)F)c(C=O)c1Cl. The zero-order chi connectivity index (χ0) is 13.4. The topological polar surface area (TPSA) is 83.2 Å². The molecule has 0 saturated carbocycles. The van der Waals surface area contributed by atoms with E-state index in [1.807, 2.05) is 0 Å². The number of nitrogen functional groups attached to an aromatic ring is 1. The van der Waals surface area contributed by atoms with Crippen molar-refractivity contribution in [1.29, 1.82) is 0 Å². The normalized spacial score (nSPS) is 11.3. The summed E-state index contributed by atoms with van der Waals surface area (Å²) in [5.74, 6) is -1.91. The van der Waals surface area contributed by atoms with Crippen LogP contribution in [-0.4, -0.2) is 12.3 Å². The second-order valence-electron chi connectivity index (χ2n) is 3.02. The van der Waals surface area contributed by atoms with Crippen LogP contribution in [0.15, 0.2) is 6.07 Å². The molecule has 0 spiro atoms. The van der Waals surface area contributed by atoms with Crippen LogP contribution in [0.5, 0.6) is 0 Å². The summed E-state index contributed by atoms with van der Waals surface area (Å²) in [6, 6.07) is 0.222. The Morgan fingerprint density at radius 1 is 1.47 bits per heavy atom. The first kappa shape index (κ1) is 13.3. The number of carbonyl (C=O) groups is 2. The molecule has 0 fully saturated rings. The molecule has 8 heteroatoms. The Bertz CT molecular complexity index is 499. The second kappa shape index (κ2) is 4.25. The molecule has 0 radical (unpaired) electrons. The molecule has 0 heterocycles. The summed E-state index contributed by atoms with van der Waals surface area (Å²) >= 11 is 5.41. The highest BCUT2D eigenvalue weighted by molar-refractivity contribution is 6.36. The number of carboxylic acid groups (broad SMARTS) is 1. The van der Waals surface area contributed by atoms with Gasteiger partial charge in [0.2, 0.25) is 0 Å². The van der Waals surface area contributed by atoms with Crippen LogP contribution in [0.3, 0.4) is 0 Å². The maximum Gasteiger partial charge on any atom is 0.417 e. The maximum absolute atomic E-state index is 12.5. The van der Waals surface area contributed by atoms with Gasteiger partial charge in [-0.3, -0.25) is 4.79 Å². The number of benzene rings is 1. The molecule has 0 atom stereocenters. The number of hydrogen-bond acceptors (Lipinski definition) is 4. The number of nitrogens with two attached hydrogens (primary N) is 1. The quantitative estimate of drug-likeness (QED) is 0.642. The number of rotatable bonds is 2. The van der Waals surface area contributed by atoms with Gasteiger partial charge in [-0.15, -0.1) is 0 Å². The van der Waals surface area contributed by atoms with Gasteiger partial charge in [0.1, 0.15) is 0 Å². The van der Waals surface area contributed by atoms with E-state index in [1.165, 1.54) is 0 Å². The Morgan fingerprint density at radius 3 is 2.35 bits per heavy atom. The van der Waals surface area contributed by atoms with Crippen molar-refractivity contribution in [2.45, 2.75) is 6.18 Å². The third-order valence-electron chi connectivity index (χ3n) is 1.99. The molecule has 0 saturated heterocycles. The van der Waals surface area contributed by atoms with Gasteiger partial charge in [-0.25, -0.2) is 0 Å². The lowest BCUT2D eigenvalue weighted by molar-refractivity contribution is -0.254. The van der Waals surface area contributed by atoms with E-state index in [9.17, 15) is 27.9 Å². The van der Waals surface area contributed by atoms with Crippen molar-refractivity contribution in [3.8, 4) is 0 Å². The zero-order valence-electron chi connectivity index (χ0n) is 7.97. The Labute approximate surface area is 97.8 Å². The van der Waals surface area contributed by atoms with Gasteiger partial charge in [0.05, 0.1) is 22.2 Å². The van der Waals surface area contributed by atoms with E-state index >= 15 is 0 Å². The average Bonchev–Trinajstić information content (AvgIpc) is 2.19. The standard InChI is InChI=1S/C9H5ClF3NO3/c10-6-4(2-15)5(9(11,12)13)1-3(7(6)14)8(16)17/h1-2H,14H2,(H,16,17)/p-1. The van der Waals surface area contributed by atoms with Crippen molar-refractivity contribution in [3.63, 3.8) is 0 Å². The number of carbonyl (C=O) groups excluding carboxylic acids is 2. The molecular weight excluding hydrogens is 263 g/mol. The van der Waals surface area contributed by atoms with Gasteiger partial charge in [0, 0.05) is 11.1 Å². The summed E-state index contributed by atoms with van der Waals surface area (Å²) in [6.07, 6.45) is -5.06. The highest BCUT2D eigenvalue weighted by atomic mass is 35.5. The predicted octanol–water partition coefficient (Wildman–Crippen LogP) is 1.12. The molecule has 0 aromatic heterocycles. The average molecular weight is 267 g/mol. The highest BCUT2D eigenvalue weighted by Gasteiger charge is 2.35. The third kappa shape index (κ3) is 2.33. The minimum atomic E-state index is -4.92. The van der Waals surface area contributed by atoms with Crippen molar-refractivity contribution in [2.75, 3.05) is 5.73 Å². The third-order valence-corrected chi connectivity index (χ3v) is 2.39. The number of aromatic carboxylic acids is 1. The number of alkyl halides is 3. The first-order valence-electron chi connectivity index (χ1n) is 4.05. The fourth-order valence-electron chi connectivity index (χ4n) is 1.20. The van der Waals surface area contributed by atoms with E-state index in [1.54, 1.807) is 0 Å². The van der Waals surface area contributed by atoms with Gasteiger partial charge < -0.3 is 15.6 Å². The van der Waals surface area contributed by atoms with E-state index in [-0.39, 0.29) is 12.4 Å². The Morgan fingerprint density at radius 2 is 2.00 bits per heavy atom. The number of aldehydes is 1. The van der Waals surface area contributed by atoms with Crippen LogP contribution in [0, 0.1) is 0 Å². The molecule has 17 heavy (non-hydrogen) atoms. The van der Waals surface area contributed by atoms with Gasteiger partial charge in [-0.1, -0.05) is 11.6 Å². The molecule has 1 aromatic carbocycles. The largest absolute Gasteiger partial charge is 0.545 e. The first-order valence-corrected chi connectivity index (χ1v) is 4.43. The molecule has 0 aliphatic heterocycles. The number of halogens is 4. The van der Waals surface area contributed by atoms with Crippen LogP contribution in [-0.2, 0) is 6.18 Å². The number of anilines is 1. The fraction of sp³-hybridized carbons (Fsp3) is 0.111. The van der Waals surface area contributed by atoms with Gasteiger partial charge >= 0.3 is 6.18 Å². The predicted molar refractivity (Wildman–Crippen MR) is 50.6 cm³/mol. The van der Waals surface area contributed by atoms with Crippen molar-refractivity contribution < 1.29 is 27.9 Å². The van der Waals surface area contributed by atoms with Gasteiger partial charge in [0.15, 0.2) is 6.29 Å². The lowest BCUT2D eigenvalue weighted by Gasteiger charge is -2.16. The van der Waals surface area contributed by atoms with E-state index in [0.29, 0.717) is 0 Å². The molecule has 0 aliphatic rings. The van der Waals surface area contributed by atoms with E-state index in [4.69, 9.17) is 17.3 Å². The number of carboxylic acids is 1. The summed E-state index contributed by atoms with van der Waals surface area (Å²) < 4.78 is 37.6. The Kier molecular flexibility index (Phi) is 3.33. The Balaban J connectivity index is 3.71. The monoisotopic (exact) mass is 266 g/mol. The smallest absolute Gasteiger partial charge is 0.417 e.